The van der Waals surface area contributed by atoms with Crippen molar-refractivity contribution in [2.75, 3.05) is 20.7 Å². The molecule has 0 aliphatic rings. The third kappa shape index (κ3) is 4.29. The van der Waals surface area contributed by atoms with Crippen molar-refractivity contribution < 1.29 is 9.53 Å². The van der Waals surface area contributed by atoms with E-state index < -0.39 is 0 Å². The van der Waals surface area contributed by atoms with Gasteiger partial charge >= 0.3 is 0 Å². The first-order valence-corrected chi connectivity index (χ1v) is 6.60. The fourth-order valence-corrected chi connectivity index (χ4v) is 2.92. The average molecular weight is 366 g/mol. The third-order valence-electron chi connectivity index (χ3n) is 2.16. The Morgan fingerprint density at radius 2 is 1.94 bits per heavy atom. The van der Waals surface area contributed by atoms with Crippen molar-refractivity contribution in [1.29, 1.82) is 0 Å². The molecule has 1 aromatic carbocycles. The van der Waals surface area contributed by atoms with Gasteiger partial charge in [0.15, 0.2) is 0 Å². The van der Waals surface area contributed by atoms with Crippen LogP contribution in [-0.4, -0.2) is 26.6 Å². The fourth-order valence-electron chi connectivity index (χ4n) is 1.32. The summed E-state index contributed by atoms with van der Waals surface area (Å²) in [7, 11) is 3.24. The van der Waals surface area contributed by atoms with E-state index in [1.807, 2.05) is 12.1 Å². The predicted octanol–water partition coefficient (Wildman–Crippen LogP) is 2.06. The second-order valence-electron chi connectivity index (χ2n) is 3.37. The van der Waals surface area contributed by atoms with E-state index in [9.17, 15) is 4.79 Å². The molecule has 17 heavy (non-hydrogen) atoms. The summed E-state index contributed by atoms with van der Waals surface area (Å²) in [4.78, 5) is 11.0. The molecule has 94 valence electrons. The molecule has 0 radical (unpaired) electrons. The van der Waals surface area contributed by atoms with Crippen LogP contribution in [0.4, 0.5) is 0 Å². The topological polar surface area (TPSA) is 50.4 Å². The summed E-state index contributed by atoms with van der Waals surface area (Å²) in [6.07, 6.45) is 0. The predicted molar refractivity (Wildman–Crippen MR) is 74.2 cm³/mol. The molecule has 0 unspecified atom stereocenters. The molecule has 0 aliphatic heterocycles. The zero-order valence-electron chi connectivity index (χ0n) is 9.64. The summed E-state index contributed by atoms with van der Waals surface area (Å²) >= 11 is 6.86. The van der Waals surface area contributed by atoms with Crippen LogP contribution in [0.15, 0.2) is 21.1 Å². The Kier molecular flexibility index (Phi) is 5.94. The normalized spacial score (nSPS) is 10.1. The molecule has 0 spiro atoms. The van der Waals surface area contributed by atoms with Crippen LogP contribution >= 0.6 is 31.9 Å². The Morgan fingerprint density at radius 3 is 2.41 bits per heavy atom. The number of methoxy groups -OCH3 is 1. The van der Waals surface area contributed by atoms with Crippen LogP contribution in [0.25, 0.3) is 0 Å². The van der Waals surface area contributed by atoms with Crippen molar-refractivity contribution in [3.63, 3.8) is 0 Å². The van der Waals surface area contributed by atoms with E-state index in [-0.39, 0.29) is 5.91 Å². The number of hydrogen-bond acceptors (Lipinski definition) is 3. The minimum Gasteiger partial charge on any atom is -0.494 e. The van der Waals surface area contributed by atoms with Crippen LogP contribution in [0.3, 0.4) is 0 Å². The second-order valence-corrected chi connectivity index (χ2v) is 5.08. The first kappa shape index (κ1) is 14.5. The van der Waals surface area contributed by atoms with E-state index in [4.69, 9.17) is 4.74 Å². The smallest absolute Gasteiger partial charge is 0.233 e. The van der Waals surface area contributed by atoms with Gasteiger partial charge in [-0.15, -0.1) is 0 Å². The maximum atomic E-state index is 11.0. The highest BCUT2D eigenvalue weighted by atomic mass is 79.9. The molecule has 1 amide bonds. The molecular weight excluding hydrogens is 352 g/mol. The van der Waals surface area contributed by atoms with Crippen LogP contribution in [0.5, 0.6) is 5.75 Å². The van der Waals surface area contributed by atoms with Crippen LogP contribution in [0.2, 0.25) is 0 Å². The zero-order chi connectivity index (χ0) is 12.8. The van der Waals surface area contributed by atoms with E-state index >= 15 is 0 Å². The quantitative estimate of drug-likeness (QED) is 0.839. The lowest BCUT2D eigenvalue weighted by Gasteiger charge is -2.09. The SMILES string of the molecule is CNC(=O)CNCc1cc(Br)c(OC)c(Br)c1. The molecule has 0 fully saturated rings. The molecule has 0 atom stereocenters. The van der Waals surface area contributed by atoms with Gasteiger partial charge in [0, 0.05) is 13.6 Å². The van der Waals surface area contributed by atoms with Crippen molar-refractivity contribution in [2.24, 2.45) is 0 Å². The number of amides is 1. The number of likely N-dealkylation sites (N-methyl/N-ethyl adjacent to an activating group) is 1. The molecule has 0 aliphatic carbocycles. The summed E-state index contributed by atoms with van der Waals surface area (Å²) in [6, 6.07) is 3.92. The molecule has 0 saturated carbocycles. The number of carbonyl (C=O) groups is 1. The Hall–Kier alpha value is -0.590. The maximum absolute atomic E-state index is 11.0. The van der Waals surface area contributed by atoms with Crippen molar-refractivity contribution >= 4 is 37.8 Å². The monoisotopic (exact) mass is 364 g/mol. The van der Waals surface area contributed by atoms with Crippen LogP contribution in [0, 0.1) is 0 Å². The number of ether oxygens (including phenoxy) is 1. The van der Waals surface area contributed by atoms with Crippen LogP contribution in [-0.2, 0) is 11.3 Å². The number of carbonyl (C=O) groups excluding carboxylic acids is 1. The maximum Gasteiger partial charge on any atom is 0.233 e. The van der Waals surface area contributed by atoms with E-state index in [1.165, 1.54) is 0 Å². The summed E-state index contributed by atoms with van der Waals surface area (Å²) in [5, 5.41) is 5.60. The fraction of sp³-hybridized carbons (Fsp3) is 0.364. The van der Waals surface area contributed by atoms with Gasteiger partial charge in [-0.1, -0.05) is 0 Å². The molecule has 0 bridgehead atoms. The van der Waals surface area contributed by atoms with Crippen molar-refractivity contribution in [2.45, 2.75) is 6.54 Å². The molecule has 1 aromatic rings. The van der Waals surface area contributed by atoms with Gasteiger partial charge in [-0.2, -0.15) is 0 Å². The molecule has 0 saturated heterocycles. The number of benzene rings is 1. The highest BCUT2D eigenvalue weighted by Crippen LogP contribution is 2.34. The largest absolute Gasteiger partial charge is 0.494 e. The van der Waals surface area contributed by atoms with Crippen LogP contribution < -0.4 is 15.4 Å². The molecular formula is C11H14Br2N2O2. The highest BCUT2D eigenvalue weighted by Gasteiger charge is 2.07. The van der Waals surface area contributed by atoms with Gasteiger partial charge in [-0.3, -0.25) is 4.79 Å². The van der Waals surface area contributed by atoms with Gasteiger partial charge in [0.2, 0.25) is 5.91 Å². The van der Waals surface area contributed by atoms with Crippen LogP contribution in [0.1, 0.15) is 5.56 Å². The number of hydrogen-bond donors (Lipinski definition) is 2. The van der Waals surface area contributed by atoms with Gasteiger partial charge in [0.25, 0.3) is 0 Å². The zero-order valence-corrected chi connectivity index (χ0v) is 12.8. The minimum atomic E-state index is -0.0309. The minimum absolute atomic E-state index is 0.0309. The number of halogens is 2. The summed E-state index contributed by atoms with van der Waals surface area (Å²) < 4.78 is 6.97. The Labute approximate surface area is 117 Å². The second kappa shape index (κ2) is 6.98. The van der Waals surface area contributed by atoms with E-state index in [0.29, 0.717) is 13.1 Å². The Morgan fingerprint density at radius 1 is 1.35 bits per heavy atom. The van der Waals surface area contributed by atoms with Gasteiger partial charge in [0.05, 0.1) is 22.6 Å². The van der Waals surface area contributed by atoms with E-state index in [2.05, 4.69) is 42.5 Å². The molecule has 6 heteroatoms. The summed E-state index contributed by atoms with van der Waals surface area (Å²) in [6.45, 7) is 0.923. The van der Waals surface area contributed by atoms with Gasteiger partial charge in [-0.25, -0.2) is 0 Å². The molecule has 0 aromatic heterocycles. The average Bonchev–Trinajstić information content (AvgIpc) is 2.28. The highest BCUT2D eigenvalue weighted by molar-refractivity contribution is 9.11. The van der Waals surface area contributed by atoms with E-state index in [1.54, 1.807) is 14.2 Å². The lowest BCUT2D eigenvalue weighted by atomic mass is 10.2. The van der Waals surface area contributed by atoms with Crippen molar-refractivity contribution in [1.82, 2.24) is 10.6 Å². The lowest BCUT2D eigenvalue weighted by Crippen LogP contribution is -2.30. The number of nitrogens with one attached hydrogen (secondary N) is 2. The summed E-state index contributed by atoms with van der Waals surface area (Å²) in [5.74, 6) is 0.733. The molecule has 0 heterocycles. The summed E-state index contributed by atoms with van der Waals surface area (Å²) in [5.41, 5.74) is 1.06. The third-order valence-corrected chi connectivity index (χ3v) is 3.33. The molecule has 2 N–H and O–H groups in total. The van der Waals surface area contributed by atoms with Crippen molar-refractivity contribution in [3.8, 4) is 5.75 Å². The lowest BCUT2D eigenvalue weighted by molar-refractivity contribution is -0.119. The van der Waals surface area contributed by atoms with Gasteiger partial charge in [0.1, 0.15) is 5.75 Å². The first-order valence-electron chi connectivity index (χ1n) is 5.01. The van der Waals surface area contributed by atoms with Gasteiger partial charge < -0.3 is 15.4 Å². The van der Waals surface area contributed by atoms with Gasteiger partial charge in [-0.05, 0) is 49.6 Å². The first-order chi connectivity index (χ1) is 8.08. The Bertz CT molecular complexity index is 387. The molecule has 4 nitrogen and oxygen atoms in total. The standard InChI is InChI=1S/C11H14Br2N2O2/c1-14-10(16)6-15-5-7-3-8(12)11(17-2)9(13)4-7/h3-4,15H,5-6H2,1-2H3,(H,14,16). The Balaban J connectivity index is 2.64. The van der Waals surface area contributed by atoms with E-state index in [0.717, 1.165) is 20.3 Å². The number of rotatable bonds is 5. The van der Waals surface area contributed by atoms with Crippen molar-refractivity contribution in [3.05, 3.63) is 26.6 Å². The molecule has 1 rings (SSSR count).